The van der Waals surface area contributed by atoms with Crippen molar-refractivity contribution < 1.29 is 14.1 Å². The number of hydrogen-bond acceptors (Lipinski definition) is 2. The highest BCUT2D eigenvalue weighted by atomic mass is 32.2. The van der Waals surface area contributed by atoms with Gasteiger partial charge >= 0.3 is 5.97 Å². The van der Waals surface area contributed by atoms with Crippen LogP contribution in [0.2, 0.25) is 0 Å². The van der Waals surface area contributed by atoms with E-state index < -0.39 is 17.0 Å². The fourth-order valence-corrected chi connectivity index (χ4v) is 1.38. The van der Waals surface area contributed by atoms with E-state index in [0.29, 0.717) is 0 Å². The van der Waals surface area contributed by atoms with E-state index >= 15 is 0 Å². The molecule has 1 aromatic carbocycles. The number of rotatable bonds is 3. The zero-order valence-electron chi connectivity index (χ0n) is 7.93. The second-order valence-corrected chi connectivity index (χ2v) is 4.17. The average molecular weight is 213 g/mol. The predicted octanol–water partition coefficient (Wildman–Crippen LogP) is 1.11. The summed E-state index contributed by atoms with van der Waals surface area (Å²) in [5, 5.41) is 8.65. The van der Waals surface area contributed by atoms with Gasteiger partial charge in [0, 0.05) is 19.0 Å². The minimum absolute atomic E-state index is 0.226. The number of benzene rings is 1. The fourth-order valence-electron chi connectivity index (χ4n) is 0.962. The molecular formula is C9H11NO3S. The molecule has 0 heterocycles. The molecule has 1 unspecified atom stereocenters. The van der Waals surface area contributed by atoms with Gasteiger partial charge in [0.2, 0.25) is 0 Å². The van der Waals surface area contributed by atoms with Gasteiger partial charge in [-0.1, -0.05) is 0 Å². The minimum Gasteiger partial charge on any atom is -0.478 e. The topological polar surface area (TPSA) is 57.6 Å². The molecule has 14 heavy (non-hydrogen) atoms. The van der Waals surface area contributed by atoms with Crippen LogP contribution >= 0.6 is 0 Å². The molecule has 4 nitrogen and oxygen atoms in total. The molecule has 0 radical (unpaired) electrons. The smallest absolute Gasteiger partial charge is 0.335 e. The Labute approximate surface area is 84.8 Å². The SMILES string of the molecule is CN(c1ccc(C(=O)O)cc1)S(C)=O. The van der Waals surface area contributed by atoms with Gasteiger partial charge in [-0.3, -0.25) is 4.31 Å². The lowest BCUT2D eigenvalue weighted by Gasteiger charge is -2.14. The number of anilines is 1. The molecule has 0 aliphatic heterocycles. The lowest BCUT2D eigenvalue weighted by molar-refractivity contribution is 0.0697. The van der Waals surface area contributed by atoms with Crippen molar-refractivity contribution in [1.29, 1.82) is 0 Å². The van der Waals surface area contributed by atoms with Crippen LogP contribution in [0.25, 0.3) is 0 Å². The molecule has 0 fully saturated rings. The van der Waals surface area contributed by atoms with E-state index in [4.69, 9.17) is 5.11 Å². The summed E-state index contributed by atoms with van der Waals surface area (Å²) in [4.78, 5) is 10.5. The molecular weight excluding hydrogens is 202 g/mol. The molecule has 0 bridgehead atoms. The van der Waals surface area contributed by atoms with Gasteiger partial charge in [0.05, 0.1) is 5.56 Å². The van der Waals surface area contributed by atoms with E-state index in [1.165, 1.54) is 12.1 Å². The zero-order valence-corrected chi connectivity index (χ0v) is 8.75. The average Bonchev–Trinajstić information content (AvgIpc) is 2.16. The summed E-state index contributed by atoms with van der Waals surface area (Å²) >= 11 is 0. The van der Waals surface area contributed by atoms with Crippen LogP contribution in [-0.2, 0) is 11.0 Å². The maximum Gasteiger partial charge on any atom is 0.335 e. The van der Waals surface area contributed by atoms with Gasteiger partial charge in [-0.2, -0.15) is 0 Å². The van der Waals surface area contributed by atoms with E-state index in [9.17, 15) is 9.00 Å². The number of aromatic carboxylic acids is 1. The Morgan fingerprint density at radius 2 is 1.86 bits per heavy atom. The maximum atomic E-state index is 11.1. The summed E-state index contributed by atoms with van der Waals surface area (Å²) in [5.74, 6) is -0.961. The monoisotopic (exact) mass is 213 g/mol. The van der Waals surface area contributed by atoms with Crippen molar-refractivity contribution in [2.24, 2.45) is 0 Å². The van der Waals surface area contributed by atoms with Gasteiger partial charge in [0.15, 0.2) is 0 Å². The van der Waals surface area contributed by atoms with Gasteiger partial charge in [-0.05, 0) is 24.3 Å². The van der Waals surface area contributed by atoms with E-state index in [1.807, 2.05) is 0 Å². The summed E-state index contributed by atoms with van der Waals surface area (Å²) in [5.41, 5.74) is 0.958. The highest BCUT2D eigenvalue weighted by Gasteiger charge is 2.06. The highest BCUT2D eigenvalue weighted by molar-refractivity contribution is 7.85. The van der Waals surface area contributed by atoms with Crippen molar-refractivity contribution in [2.45, 2.75) is 0 Å². The molecule has 0 saturated heterocycles. The second-order valence-electron chi connectivity index (χ2n) is 2.77. The van der Waals surface area contributed by atoms with Gasteiger partial charge in [-0.25, -0.2) is 9.00 Å². The molecule has 0 aliphatic rings. The van der Waals surface area contributed by atoms with Crippen LogP contribution in [0.1, 0.15) is 10.4 Å². The van der Waals surface area contributed by atoms with Crippen LogP contribution < -0.4 is 4.31 Å². The highest BCUT2D eigenvalue weighted by Crippen LogP contribution is 2.14. The van der Waals surface area contributed by atoms with E-state index in [2.05, 4.69) is 0 Å². The van der Waals surface area contributed by atoms with Crippen molar-refractivity contribution in [2.75, 3.05) is 17.6 Å². The molecule has 0 aromatic heterocycles. The van der Waals surface area contributed by atoms with Crippen molar-refractivity contribution in [3.8, 4) is 0 Å². The second kappa shape index (κ2) is 4.23. The maximum absolute atomic E-state index is 11.1. The van der Waals surface area contributed by atoms with Crippen LogP contribution in [0.4, 0.5) is 5.69 Å². The molecule has 1 aromatic rings. The minimum atomic E-state index is -1.09. The molecule has 5 heteroatoms. The first-order valence-electron chi connectivity index (χ1n) is 3.93. The van der Waals surface area contributed by atoms with Crippen molar-refractivity contribution in [3.63, 3.8) is 0 Å². The summed E-state index contributed by atoms with van der Waals surface area (Å²) in [6.07, 6.45) is 1.56. The third kappa shape index (κ3) is 2.32. The zero-order chi connectivity index (χ0) is 10.7. The lowest BCUT2D eigenvalue weighted by Crippen LogP contribution is -2.18. The molecule has 0 spiro atoms. The van der Waals surface area contributed by atoms with E-state index in [0.717, 1.165) is 5.69 Å². The first-order valence-corrected chi connectivity index (χ1v) is 5.44. The normalized spacial score (nSPS) is 12.1. The number of nitrogens with zero attached hydrogens (tertiary/aromatic N) is 1. The molecule has 76 valence electrons. The number of carboxylic acids is 1. The van der Waals surface area contributed by atoms with Crippen LogP contribution in [0.3, 0.4) is 0 Å². The Kier molecular flexibility index (Phi) is 3.24. The summed E-state index contributed by atoms with van der Waals surface area (Å²) < 4.78 is 12.6. The Balaban J connectivity index is 2.94. The predicted molar refractivity (Wildman–Crippen MR) is 55.9 cm³/mol. The third-order valence-electron chi connectivity index (χ3n) is 1.86. The van der Waals surface area contributed by atoms with Gasteiger partial charge in [-0.15, -0.1) is 0 Å². The summed E-state index contributed by atoms with van der Waals surface area (Å²) in [6.45, 7) is 0. The molecule has 0 saturated carbocycles. The summed E-state index contributed by atoms with van der Waals surface area (Å²) in [6, 6.07) is 6.23. The van der Waals surface area contributed by atoms with E-state index in [1.54, 1.807) is 29.7 Å². The fraction of sp³-hybridized carbons (Fsp3) is 0.222. The number of hydrogen-bond donors (Lipinski definition) is 1. The van der Waals surface area contributed by atoms with Crippen LogP contribution in [0.5, 0.6) is 0 Å². The van der Waals surface area contributed by atoms with Crippen molar-refractivity contribution in [3.05, 3.63) is 29.8 Å². The van der Waals surface area contributed by atoms with E-state index in [-0.39, 0.29) is 5.56 Å². The quantitative estimate of drug-likeness (QED) is 0.818. The molecule has 1 atom stereocenters. The number of carbonyl (C=O) groups is 1. The molecule has 1 N–H and O–H groups in total. The molecule has 0 aliphatic carbocycles. The largest absolute Gasteiger partial charge is 0.478 e. The Morgan fingerprint density at radius 1 is 1.36 bits per heavy atom. The first-order chi connectivity index (χ1) is 6.52. The van der Waals surface area contributed by atoms with Crippen molar-refractivity contribution >= 4 is 22.6 Å². The Hall–Kier alpha value is -1.36. The van der Waals surface area contributed by atoms with Crippen LogP contribution in [-0.4, -0.2) is 28.6 Å². The lowest BCUT2D eigenvalue weighted by atomic mass is 10.2. The Morgan fingerprint density at radius 3 is 2.21 bits per heavy atom. The molecule has 1 rings (SSSR count). The number of carboxylic acid groups (broad SMARTS) is 1. The van der Waals surface area contributed by atoms with Gasteiger partial charge < -0.3 is 5.11 Å². The molecule has 0 amide bonds. The van der Waals surface area contributed by atoms with Gasteiger partial charge in [0.25, 0.3) is 0 Å². The van der Waals surface area contributed by atoms with Crippen LogP contribution in [0, 0.1) is 0 Å². The summed E-state index contributed by atoms with van der Waals surface area (Å²) in [7, 11) is 0.594. The van der Waals surface area contributed by atoms with Crippen molar-refractivity contribution in [1.82, 2.24) is 0 Å². The Bertz CT molecular complexity index is 361. The first kappa shape index (κ1) is 10.7. The van der Waals surface area contributed by atoms with Gasteiger partial charge in [0.1, 0.15) is 11.0 Å². The van der Waals surface area contributed by atoms with Crippen LogP contribution in [0.15, 0.2) is 24.3 Å². The standard InChI is InChI=1S/C9H11NO3S/c1-10(14(2)13)8-5-3-7(4-6-8)9(11)12/h3-6H,1-2H3,(H,11,12). The third-order valence-corrected chi connectivity index (χ3v) is 2.85.